The van der Waals surface area contributed by atoms with Gasteiger partial charge in [-0.25, -0.2) is 0 Å². The summed E-state index contributed by atoms with van der Waals surface area (Å²) in [5.41, 5.74) is 6.73. The molecule has 118 valence electrons. The summed E-state index contributed by atoms with van der Waals surface area (Å²) in [6.07, 6.45) is 2.16. The van der Waals surface area contributed by atoms with Crippen LogP contribution in [0.2, 0.25) is 0 Å². The Labute approximate surface area is 139 Å². The van der Waals surface area contributed by atoms with E-state index in [2.05, 4.69) is 99.1 Å². The third kappa shape index (κ3) is 2.96. The number of rotatable bonds is 4. The van der Waals surface area contributed by atoms with Gasteiger partial charge in [0.2, 0.25) is 0 Å². The van der Waals surface area contributed by atoms with E-state index >= 15 is 0 Å². The van der Waals surface area contributed by atoms with Crippen LogP contribution in [0, 0.1) is 0 Å². The van der Waals surface area contributed by atoms with Crippen LogP contribution in [0.1, 0.15) is 50.7 Å². The molecule has 0 saturated heterocycles. The highest BCUT2D eigenvalue weighted by Gasteiger charge is 2.18. The van der Waals surface area contributed by atoms with Crippen LogP contribution in [-0.2, 0) is 0 Å². The van der Waals surface area contributed by atoms with Crippen molar-refractivity contribution in [3.63, 3.8) is 0 Å². The highest BCUT2D eigenvalue weighted by atomic mass is 15.0. The largest absolute Gasteiger partial charge is 0.317 e. The van der Waals surface area contributed by atoms with E-state index in [0.717, 1.165) is 0 Å². The van der Waals surface area contributed by atoms with Crippen LogP contribution in [0.25, 0.3) is 16.9 Å². The van der Waals surface area contributed by atoms with Crippen LogP contribution < -0.4 is 0 Å². The van der Waals surface area contributed by atoms with Gasteiger partial charge in [0.25, 0.3) is 0 Å². The molecule has 0 aliphatic rings. The van der Waals surface area contributed by atoms with Crippen LogP contribution in [0.3, 0.4) is 0 Å². The normalized spacial score (nSPS) is 11.4. The first-order valence-electron chi connectivity index (χ1n) is 8.45. The van der Waals surface area contributed by atoms with Crippen LogP contribution in [0.4, 0.5) is 0 Å². The lowest BCUT2D eigenvalue weighted by molar-refractivity contribution is 0.834. The second-order valence-corrected chi connectivity index (χ2v) is 6.72. The highest BCUT2D eigenvalue weighted by Crippen LogP contribution is 2.37. The molecule has 0 spiro atoms. The fourth-order valence-electron chi connectivity index (χ4n) is 3.25. The van der Waals surface area contributed by atoms with E-state index in [9.17, 15) is 0 Å². The zero-order valence-corrected chi connectivity index (χ0v) is 14.5. The second kappa shape index (κ2) is 6.45. The van der Waals surface area contributed by atoms with Gasteiger partial charge in [0, 0.05) is 17.4 Å². The van der Waals surface area contributed by atoms with Gasteiger partial charge in [0.1, 0.15) is 0 Å². The zero-order valence-electron chi connectivity index (χ0n) is 14.5. The van der Waals surface area contributed by atoms with Gasteiger partial charge in [-0.3, -0.25) is 0 Å². The quantitative estimate of drug-likeness (QED) is 0.526. The molecule has 23 heavy (non-hydrogen) atoms. The van der Waals surface area contributed by atoms with Crippen LogP contribution >= 0.6 is 0 Å². The minimum absolute atomic E-state index is 0.503. The molecule has 3 rings (SSSR count). The first-order valence-corrected chi connectivity index (χ1v) is 8.45. The van der Waals surface area contributed by atoms with Crippen molar-refractivity contribution in [1.29, 1.82) is 0 Å². The molecule has 0 bridgehead atoms. The average Bonchev–Trinajstić information content (AvgIpc) is 3.04. The summed E-state index contributed by atoms with van der Waals surface area (Å²) in [4.78, 5) is 0. The Balaban J connectivity index is 2.26. The highest BCUT2D eigenvalue weighted by molar-refractivity contribution is 5.72. The number of nitrogens with zero attached hydrogens (tertiary/aromatic N) is 1. The van der Waals surface area contributed by atoms with Crippen molar-refractivity contribution in [2.75, 3.05) is 0 Å². The Morgan fingerprint density at radius 2 is 1.26 bits per heavy atom. The minimum Gasteiger partial charge on any atom is -0.317 e. The van der Waals surface area contributed by atoms with Crippen molar-refractivity contribution in [2.24, 2.45) is 0 Å². The molecular weight excluding hydrogens is 278 g/mol. The molecule has 1 heterocycles. The third-order valence-electron chi connectivity index (χ3n) is 4.41. The molecule has 1 nitrogen and oxygen atoms in total. The summed E-state index contributed by atoms with van der Waals surface area (Å²) < 4.78 is 2.30. The van der Waals surface area contributed by atoms with Gasteiger partial charge in [-0.15, -0.1) is 0 Å². The standard InChI is InChI=1S/C22H25N/c1-16(2)19-12-8-13-20(17(3)4)22(19)21-14-9-15-23(21)18-10-6-5-7-11-18/h5-17H,1-4H3. The first-order chi connectivity index (χ1) is 11.1. The lowest BCUT2D eigenvalue weighted by atomic mass is 9.87. The number of aromatic nitrogens is 1. The van der Waals surface area contributed by atoms with E-state index in [0.29, 0.717) is 11.8 Å². The van der Waals surface area contributed by atoms with E-state index < -0.39 is 0 Å². The zero-order chi connectivity index (χ0) is 16.4. The summed E-state index contributed by atoms with van der Waals surface area (Å²) in [5.74, 6) is 1.01. The van der Waals surface area contributed by atoms with E-state index in [4.69, 9.17) is 0 Å². The lowest BCUT2D eigenvalue weighted by Crippen LogP contribution is -2.03. The Hall–Kier alpha value is -2.28. The maximum absolute atomic E-state index is 2.30. The second-order valence-electron chi connectivity index (χ2n) is 6.72. The summed E-state index contributed by atoms with van der Waals surface area (Å²) >= 11 is 0. The first kappa shape index (κ1) is 15.6. The van der Waals surface area contributed by atoms with E-state index in [1.54, 1.807) is 0 Å². The third-order valence-corrected chi connectivity index (χ3v) is 4.41. The Kier molecular flexibility index (Phi) is 4.38. The molecule has 0 saturated carbocycles. The SMILES string of the molecule is CC(C)c1cccc(C(C)C)c1-c1cccn1-c1ccccc1. The van der Waals surface area contributed by atoms with E-state index in [-0.39, 0.29) is 0 Å². The molecule has 0 amide bonds. The molecule has 0 radical (unpaired) electrons. The molecule has 0 N–H and O–H groups in total. The monoisotopic (exact) mass is 303 g/mol. The average molecular weight is 303 g/mol. The fourth-order valence-corrected chi connectivity index (χ4v) is 3.25. The molecule has 0 aliphatic heterocycles. The molecule has 3 aromatic rings. The van der Waals surface area contributed by atoms with Gasteiger partial charge in [0.15, 0.2) is 0 Å². The summed E-state index contributed by atoms with van der Waals surface area (Å²) in [6, 6.07) is 21.7. The molecule has 0 aliphatic carbocycles. The fraction of sp³-hybridized carbons (Fsp3) is 0.273. The van der Waals surface area contributed by atoms with Gasteiger partial charge in [-0.1, -0.05) is 64.1 Å². The topological polar surface area (TPSA) is 4.93 Å². The Morgan fingerprint density at radius 1 is 0.652 bits per heavy atom. The van der Waals surface area contributed by atoms with Gasteiger partial charge < -0.3 is 4.57 Å². The van der Waals surface area contributed by atoms with Gasteiger partial charge in [0.05, 0.1) is 5.69 Å². The van der Waals surface area contributed by atoms with Crippen molar-refractivity contribution in [3.8, 4) is 16.9 Å². The van der Waals surface area contributed by atoms with Crippen molar-refractivity contribution >= 4 is 0 Å². The Bertz CT molecular complexity index is 752. The van der Waals surface area contributed by atoms with Gasteiger partial charge in [-0.2, -0.15) is 0 Å². The molecule has 0 atom stereocenters. The number of para-hydroxylation sites is 1. The number of hydrogen-bond acceptors (Lipinski definition) is 0. The predicted molar refractivity (Wildman–Crippen MR) is 99.4 cm³/mol. The molecule has 0 fully saturated rings. The molecule has 1 heteroatoms. The number of benzene rings is 2. The molecule has 0 unspecified atom stereocenters. The maximum atomic E-state index is 2.30. The van der Waals surface area contributed by atoms with Crippen molar-refractivity contribution in [3.05, 3.63) is 78.0 Å². The van der Waals surface area contributed by atoms with Crippen molar-refractivity contribution < 1.29 is 0 Å². The van der Waals surface area contributed by atoms with Crippen LogP contribution in [-0.4, -0.2) is 4.57 Å². The summed E-state index contributed by atoms with van der Waals surface area (Å²) in [5, 5.41) is 0. The molecule has 2 aromatic carbocycles. The van der Waals surface area contributed by atoms with E-state index in [1.165, 1.54) is 28.1 Å². The maximum Gasteiger partial charge on any atom is 0.0534 e. The molecule has 1 aromatic heterocycles. The van der Waals surface area contributed by atoms with Crippen LogP contribution in [0.15, 0.2) is 66.9 Å². The number of hydrogen-bond donors (Lipinski definition) is 0. The smallest absolute Gasteiger partial charge is 0.0534 e. The lowest BCUT2D eigenvalue weighted by Gasteiger charge is -2.21. The van der Waals surface area contributed by atoms with Gasteiger partial charge in [-0.05, 0) is 47.2 Å². The van der Waals surface area contributed by atoms with Gasteiger partial charge >= 0.3 is 0 Å². The van der Waals surface area contributed by atoms with Crippen molar-refractivity contribution in [1.82, 2.24) is 4.57 Å². The summed E-state index contributed by atoms with van der Waals surface area (Å²) in [7, 11) is 0. The predicted octanol–water partition coefficient (Wildman–Crippen LogP) is 6.39. The summed E-state index contributed by atoms with van der Waals surface area (Å²) in [6.45, 7) is 9.11. The van der Waals surface area contributed by atoms with E-state index in [1.807, 2.05) is 0 Å². The Morgan fingerprint density at radius 3 is 1.83 bits per heavy atom. The molecular formula is C22H25N. The van der Waals surface area contributed by atoms with Crippen LogP contribution in [0.5, 0.6) is 0 Å². The minimum atomic E-state index is 0.503. The van der Waals surface area contributed by atoms with Crippen molar-refractivity contribution in [2.45, 2.75) is 39.5 Å².